The van der Waals surface area contributed by atoms with Gasteiger partial charge in [0.15, 0.2) is 0 Å². The molecule has 0 amide bonds. The first kappa shape index (κ1) is 10.5. The zero-order valence-corrected chi connectivity index (χ0v) is 7.48. The molecule has 0 fully saturated rings. The Labute approximate surface area is 80.9 Å². The van der Waals surface area contributed by atoms with Crippen molar-refractivity contribution in [3.05, 3.63) is 29.3 Å². The largest absolute Gasteiger partial charge is 0.398 e. The number of nitrogen functional groups attached to an aromatic ring is 1. The number of benzene rings is 1. The van der Waals surface area contributed by atoms with Crippen molar-refractivity contribution in [2.45, 2.75) is 6.42 Å². The molecule has 0 radical (unpaired) electrons. The molecule has 0 unspecified atom stereocenters. The third-order valence-corrected chi connectivity index (χ3v) is 1.57. The van der Waals surface area contributed by atoms with Crippen LogP contribution in [0, 0.1) is 23.5 Å². The van der Waals surface area contributed by atoms with Gasteiger partial charge in [0.2, 0.25) is 0 Å². The van der Waals surface area contributed by atoms with E-state index in [9.17, 15) is 8.78 Å². The molecule has 0 atom stereocenters. The van der Waals surface area contributed by atoms with E-state index >= 15 is 0 Å². The molecule has 1 rings (SSSR count). The molecule has 0 aliphatic heterocycles. The molecule has 1 aromatic rings. The van der Waals surface area contributed by atoms with Crippen LogP contribution in [0.4, 0.5) is 14.5 Å². The van der Waals surface area contributed by atoms with E-state index in [1.165, 1.54) is 0 Å². The van der Waals surface area contributed by atoms with Gasteiger partial charge < -0.3 is 11.5 Å². The molecular weight excluding hydrogens is 186 g/mol. The SMILES string of the molecule is NCCC#Cc1c(N)cc(F)cc1F. The Morgan fingerprint density at radius 2 is 2.00 bits per heavy atom. The summed E-state index contributed by atoms with van der Waals surface area (Å²) in [5, 5.41) is 0. The van der Waals surface area contributed by atoms with Crippen molar-refractivity contribution in [3.63, 3.8) is 0 Å². The predicted octanol–water partition coefficient (Wildman–Crippen LogP) is 1.25. The molecule has 1 aromatic carbocycles. The molecule has 0 saturated carbocycles. The molecule has 0 aromatic heterocycles. The highest BCUT2D eigenvalue weighted by Crippen LogP contribution is 2.16. The molecule has 74 valence electrons. The van der Waals surface area contributed by atoms with Crippen LogP contribution < -0.4 is 11.5 Å². The maximum absolute atomic E-state index is 13.1. The van der Waals surface area contributed by atoms with Crippen LogP contribution in [0.3, 0.4) is 0 Å². The fourth-order valence-electron chi connectivity index (χ4n) is 0.948. The molecule has 4 N–H and O–H groups in total. The number of rotatable bonds is 1. The fourth-order valence-corrected chi connectivity index (χ4v) is 0.948. The minimum Gasteiger partial charge on any atom is -0.398 e. The number of hydrogen-bond donors (Lipinski definition) is 2. The van der Waals surface area contributed by atoms with Gasteiger partial charge in [0.1, 0.15) is 11.6 Å². The normalized spacial score (nSPS) is 9.36. The summed E-state index contributed by atoms with van der Waals surface area (Å²) >= 11 is 0. The van der Waals surface area contributed by atoms with E-state index in [4.69, 9.17) is 11.5 Å². The predicted molar refractivity (Wildman–Crippen MR) is 51.3 cm³/mol. The summed E-state index contributed by atoms with van der Waals surface area (Å²) in [6.07, 6.45) is 0.455. The van der Waals surface area contributed by atoms with Crippen molar-refractivity contribution in [1.82, 2.24) is 0 Å². The molecule has 4 heteroatoms. The van der Waals surface area contributed by atoms with Crippen molar-refractivity contribution in [2.75, 3.05) is 12.3 Å². The molecular formula is C10H10F2N2. The van der Waals surface area contributed by atoms with Gasteiger partial charge in [-0.2, -0.15) is 0 Å². The average molecular weight is 196 g/mol. The summed E-state index contributed by atoms with van der Waals surface area (Å²) in [6, 6.07) is 1.79. The molecule has 14 heavy (non-hydrogen) atoms. The molecule has 2 nitrogen and oxygen atoms in total. The lowest BCUT2D eigenvalue weighted by Crippen LogP contribution is -1.97. The maximum Gasteiger partial charge on any atom is 0.143 e. The van der Waals surface area contributed by atoms with Crippen LogP contribution >= 0.6 is 0 Å². The molecule has 0 bridgehead atoms. The third-order valence-electron chi connectivity index (χ3n) is 1.57. The summed E-state index contributed by atoms with van der Waals surface area (Å²) in [5.74, 6) is 3.70. The minimum atomic E-state index is -0.743. The summed E-state index contributed by atoms with van der Waals surface area (Å²) in [6.45, 7) is 0.399. The lowest BCUT2D eigenvalue weighted by Gasteiger charge is -1.99. The van der Waals surface area contributed by atoms with Crippen LogP contribution in [-0.4, -0.2) is 6.54 Å². The van der Waals surface area contributed by atoms with Gasteiger partial charge in [0.05, 0.1) is 11.3 Å². The quantitative estimate of drug-likeness (QED) is 0.524. The Morgan fingerprint density at radius 3 is 2.57 bits per heavy atom. The van der Waals surface area contributed by atoms with Crippen molar-refractivity contribution in [2.24, 2.45) is 5.73 Å². The smallest absolute Gasteiger partial charge is 0.143 e. The highest BCUT2D eigenvalue weighted by atomic mass is 19.1. The monoisotopic (exact) mass is 196 g/mol. The van der Waals surface area contributed by atoms with Gasteiger partial charge in [-0.15, -0.1) is 0 Å². The molecule has 0 aliphatic carbocycles. The van der Waals surface area contributed by atoms with E-state index < -0.39 is 11.6 Å². The van der Waals surface area contributed by atoms with Crippen LogP contribution in [0.25, 0.3) is 0 Å². The van der Waals surface area contributed by atoms with Gasteiger partial charge in [0.25, 0.3) is 0 Å². The van der Waals surface area contributed by atoms with Gasteiger partial charge in [-0.05, 0) is 6.07 Å². The van der Waals surface area contributed by atoms with Crippen molar-refractivity contribution >= 4 is 5.69 Å². The van der Waals surface area contributed by atoms with E-state index in [1.807, 2.05) is 0 Å². The zero-order chi connectivity index (χ0) is 10.6. The van der Waals surface area contributed by atoms with Crippen LogP contribution in [0.15, 0.2) is 12.1 Å². The standard InChI is InChI=1S/C10H10F2N2/c11-7-5-9(12)8(10(14)6-7)3-1-2-4-13/h5-6H,2,4,13-14H2. The van der Waals surface area contributed by atoms with Crippen LogP contribution in [0.1, 0.15) is 12.0 Å². The third kappa shape index (κ3) is 2.44. The Bertz CT molecular complexity index is 368. The first-order valence-corrected chi connectivity index (χ1v) is 4.08. The first-order valence-electron chi connectivity index (χ1n) is 4.08. The zero-order valence-electron chi connectivity index (χ0n) is 7.48. The Morgan fingerprint density at radius 1 is 1.29 bits per heavy atom. The van der Waals surface area contributed by atoms with Gasteiger partial charge in [-0.3, -0.25) is 0 Å². The number of anilines is 1. The number of halogens is 2. The summed E-state index contributed by atoms with van der Waals surface area (Å²) < 4.78 is 25.7. The minimum absolute atomic E-state index is 0.00650. The average Bonchev–Trinajstić information content (AvgIpc) is 2.09. The molecule has 0 saturated heterocycles. The van der Waals surface area contributed by atoms with Crippen LogP contribution in [0.2, 0.25) is 0 Å². The van der Waals surface area contributed by atoms with Gasteiger partial charge in [-0.25, -0.2) is 8.78 Å². The Hall–Kier alpha value is -1.60. The van der Waals surface area contributed by atoms with Crippen molar-refractivity contribution in [3.8, 4) is 11.8 Å². The second-order valence-electron chi connectivity index (χ2n) is 2.69. The molecule has 0 aliphatic rings. The van der Waals surface area contributed by atoms with Crippen LogP contribution in [0.5, 0.6) is 0 Å². The topological polar surface area (TPSA) is 52.0 Å². The van der Waals surface area contributed by atoms with E-state index in [1.54, 1.807) is 0 Å². The van der Waals surface area contributed by atoms with E-state index in [2.05, 4.69) is 11.8 Å². The lowest BCUT2D eigenvalue weighted by atomic mass is 10.1. The maximum atomic E-state index is 13.1. The van der Waals surface area contributed by atoms with Crippen molar-refractivity contribution in [1.29, 1.82) is 0 Å². The van der Waals surface area contributed by atoms with Crippen LogP contribution in [-0.2, 0) is 0 Å². The van der Waals surface area contributed by atoms with Gasteiger partial charge >= 0.3 is 0 Å². The van der Waals surface area contributed by atoms with Crippen molar-refractivity contribution < 1.29 is 8.78 Å². The Balaban J connectivity index is 3.04. The summed E-state index contributed by atoms with van der Waals surface area (Å²) in [7, 11) is 0. The van der Waals surface area contributed by atoms with Gasteiger partial charge in [0, 0.05) is 19.0 Å². The molecule has 0 spiro atoms. The summed E-state index contributed by atoms with van der Waals surface area (Å²) in [4.78, 5) is 0. The Kier molecular flexibility index (Phi) is 3.43. The molecule has 0 heterocycles. The van der Waals surface area contributed by atoms with E-state index in [0.29, 0.717) is 13.0 Å². The number of hydrogen-bond acceptors (Lipinski definition) is 2. The van der Waals surface area contributed by atoms with Gasteiger partial charge in [-0.1, -0.05) is 11.8 Å². The number of nitrogens with two attached hydrogens (primary N) is 2. The second-order valence-corrected chi connectivity index (χ2v) is 2.69. The highest BCUT2D eigenvalue weighted by molar-refractivity contribution is 5.56. The lowest BCUT2D eigenvalue weighted by molar-refractivity contribution is 0.582. The fraction of sp³-hybridized carbons (Fsp3) is 0.200. The second kappa shape index (κ2) is 4.58. The highest BCUT2D eigenvalue weighted by Gasteiger charge is 2.05. The summed E-state index contributed by atoms with van der Waals surface area (Å²) in [5.41, 5.74) is 10.6. The first-order chi connectivity index (χ1) is 6.65. The van der Waals surface area contributed by atoms with E-state index in [0.717, 1.165) is 12.1 Å². The van der Waals surface area contributed by atoms with E-state index in [-0.39, 0.29) is 11.3 Å².